The summed E-state index contributed by atoms with van der Waals surface area (Å²) in [4.78, 5) is 4.19. The number of nitrogens with zero attached hydrogens (tertiary/aromatic N) is 1. The second kappa shape index (κ2) is 9.64. The van der Waals surface area contributed by atoms with E-state index in [0.717, 1.165) is 13.2 Å². The molecule has 2 aromatic carbocycles. The zero-order valence-electron chi connectivity index (χ0n) is 20.1. The van der Waals surface area contributed by atoms with E-state index in [1.54, 1.807) is 0 Å². The summed E-state index contributed by atoms with van der Waals surface area (Å²) >= 11 is 1.89. The van der Waals surface area contributed by atoms with Crippen molar-refractivity contribution < 1.29 is 4.43 Å². The minimum atomic E-state index is -1.84. The van der Waals surface area contributed by atoms with Gasteiger partial charge in [-0.1, -0.05) is 87.5 Å². The fourth-order valence-corrected chi connectivity index (χ4v) is 6.52. The zero-order valence-corrected chi connectivity index (χ0v) is 21.9. The first-order valence-corrected chi connectivity index (χ1v) is 15.6. The van der Waals surface area contributed by atoms with Crippen molar-refractivity contribution in [2.24, 2.45) is 0 Å². The fraction of sp³-hybridized carbons (Fsp3) is 0.429. The molecular weight excluding hydrogens is 426 g/mol. The summed E-state index contributed by atoms with van der Waals surface area (Å²) in [5.41, 5.74) is 2.81. The molecule has 2 nitrogen and oxygen atoms in total. The number of thiophene rings is 1. The third-order valence-corrected chi connectivity index (χ3v) is 12.9. The second-order valence-electron chi connectivity index (χ2n) is 10.5. The van der Waals surface area contributed by atoms with Crippen molar-refractivity contribution in [1.29, 1.82) is 0 Å². The Morgan fingerprint density at radius 3 is 2.22 bits per heavy atom. The number of hydrogen-bond acceptors (Lipinski definition) is 3. The molecule has 1 fully saturated rings. The lowest BCUT2D eigenvalue weighted by molar-refractivity contribution is 0.113. The van der Waals surface area contributed by atoms with Crippen molar-refractivity contribution in [3.8, 4) is 0 Å². The van der Waals surface area contributed by atoms with Gasteiger partial charge in [-0.25, -0.2) is 0 Å². The Morgan fingerprint density at radius 2 is 1.62 bits per heavy atom. The maximum absolute atomic E-state index is 6.83. The largest absolute Gasteiger partial charge is 0.415 e. The molecule has 0 spiro atoms. The topological polar surface area (TPSA) is 12.5 Å². The van der Waals surface area contributed by atoms with E-state index in [-0.39, 0.29) is 11.1 Å². The van der Waals surface area contributed by atoms with Gasteiger partial charge in [0.25, 0.3) is 0 Å². The summed E-state index contributed by atoms with van der Waals surface area (Å²) < 4.78 is 6.83. The van der Waals surface area contributed by atoms with Gasteiger partial charge in [-0.2, -0.15) is 0 Å². The van der Waals surface area contributed by atoms with E-state index < -0.39 is 8.32 Å². The van der Waals surface area contributed by atoms with E-state index in [0.29, 0.717) is 12.0 Å². The van der Waals surface area contributed by atoms with Crippen LogP contribution in [-0.4, -0.2) is 26.4 Å². The molecule has 1 aromatic heterocycles. The van der Waals surface area contributed by atoms with Crippen LogP contribution in [0.1, 0.15) is 61.2 Å². The lowest BCUT2D eigenvalue weighted by Gasteiger charge is -2.40. The molecule has 1 saturated heterocycles. The minimum Gasteiger partial charge on any atom is -0.415 e. The summed E-state index contributed by atoms with van der Waals surface area (Å²) in [5, 5.41) is 2.43. The molecule has 0 radical (unpaired) electrons. The van der Waals surface area contributed by atoms with Crippen molar-refractivity contribution in [2.45, 2.75) is 63.3 Å². The summed E-state index contributed by atoms with van der Waals surface area (Å²) in [6.07, 6.45) is 1.18. The Hall–Kier alpha value is -1.72. The van der Waals surface area contributed by atoms with E-state index >= 15 is 0 Å². The third-order valence-electron chi connectivity index (χ3n) is 7.49. The molecule has 0 unspecified atom stereocenters. The maximum Gasteiger partial charge on any atom is 0.192 e. The highest BCUT2D eigenvalue weighted by Gasteiger charge is 2.43. The molecule has 4 rings (SSSR count). The Kier molecular flexibility index (Phi) is 7.06. The van der Waals surface area contributed by atoms with Gasteiger partial charge in [0.2, 0.25) is 0 Å². The summed E-state index contributed by atoms with van der Waals surface area (Å²) in [6.45, 7) is 13.5. The van der Waals surface area contributed by atoms with E-state index in [4.69, 9.17) is 4.43 Å². The van der Waals surface area contributed by atoms with E-state index in [1.807, 2.05) is 11.3 Å². The van der Waals surface area contributed by atoms with Gasteiger partial charge in [0.1, 0.15) is 0 Å². The molecule has 3 aromatic rings. The van der Waals surface area contributed by atoms with Crippen LogP contribution < -0.4 is 0 Å². The van der Waals surface area contributed by atoms with Crippen LogP contribution in [0.3, 0.4) is 0 Å². The Balaban J connectivity index is 1.69. The van der Waals surface area contributed by atoms with Gasteiger partial charge in [0.05, 0.1) is 18.7 Å². The second-order valence-corrected chi connectivity index (χ2v) is 16.3. The first kappa shape index (κ1) is 23.4. The molecule has 0 aliphatic carbocycles. The Morgan fingerprint density at radius 1 is 0.969 bits per heavy atom. The standard InChI is InChI=1S/C28H37NOSSi/c1-28(2,3)32(4,5)30-21-25(23-15-10-7-11-16-23)29-19-18-24(22-13-8-6-9-14-22)27(29)26-17-12-20-31-26/h6-17,20,24-25,27H,18-19,21H2,1-5H3/t24-,25+,27-/m1/s1. The average Bonchev–Trinajstić information content (AvgIpc) is 3.44. The van der Waals surface area contributed by atoms with Crippen molar-refractivity contribution in [3.63, 3.8) is 0 Å². The zero-order chi connectivity index (χ0) is 22.8. The van der Waals surface area contributed by atoms with Gasteiger partial charge in [-0.15, -0.1) is 11.3 Å². The highest BCUT2D eigenvalue weighted by Crippen LogP contribution is 2.49. The van der Waals surface area contributed by atoms with Crippen molar-refractivity contribution in [3.05, 3.63) is 94.2 Å². The van der Waals surface area contributed by atoms with E-state index in [1.165, 1.54) is 22.4 Å². The minimum absolute atomic E-state index is 0.207. The van der Waals surface area contributed by atoms with Gasteiger partial charge < -0.3 is 4.43 Å². The molecule has 170 valence electrons. The monoisotopic (exact) mass is 463 g/mol. The van der Waals surface area contributed by atoms with E-state index in [9.17, 15) is 0 Å². The Labute approximate surface area is 199 Å². The SMILES string of the molecule is CC(C)(C)[Si](C)(C)OC[C@@H](c1ccccc1)N1CC[C@H](c2ccccc2)[C@@H]1c1cccs1. The highest BCUT2D eigenvalue weighted by molar-refractivity contribution is 7.10. The van der Waals surface area contributed by atoms with Gasteiger partial charge >= 0.3 is 0 Å². The average molecular weight is 464 g/mol. The van der Waals surface area contributed by atoms with Gasteiger partial charge in [-0.3, -0.25) is 4.90 Å². The van der Waals surface area contributed by atoms with Crippen molar-refractivity contribution >= 4 is 19.7 Å². The molecule has 3 atom stereocenters. The summed E-state index contributed by atoms with van der Waals surface area (Å²) in [6, 6.07) is 27.2. The van der Waals surface area contributed by atoms with Crippen LogP contribution in [-0.2, 0) is 4.43 Å². The number of rotatable bonds is 7. The van der Waals surface area contributed by atoms with Crippen molar-refractivity contribution in [2.75, 3.05) is 13.2 Å². The van der Waals surface area contributed by atoms with Crippen LogP contribution in [0.2, 0.25) is 18.1 Å². The lowest BCUT2D eigenvalue weighted by atomic mass is 9.90. The maximum atomic E-state index is 6.83. The van der Waals surface area contributed by atoms with Crippen LogP contribution >= 0.6 is 11.3 Å². The van der Waals surface area contributed by atoms with Crippen LogP contribution in [0.25, 0.3) is 0 Å². The molecular formula is C28H37NOSSi. The Bertz CT molecular complexity index is 966. The van der Waals surface area contributed by atoms with Crippen LogP contribution in [0.5, 0.6) is 0 Å². The first-order chi connectivity index (χ1) is 15.3. The van der Waals surface area contributed by atoms with Crippen LogP contribution in [0.4, 0.5) is 0 Å². The quantitative estimate of drug-likeness (QED) is 0.329. The molecule has 32 heavy (non-hydrogen) atoms. The molecule has 0 bridgehead atoms. The van der Waals surface area contributed by atoms with Crippen LogP contribution in [0.15, 0.2) is 78.2 Å². The number of hydrogen-bond donors (Lipinski definition) is 0. The van der Waals surface area contributed by atoms with Gasteiger partial charge in [0.15, 0.2) is 8.32 Å². The smallest absolute Gasteiger partial charge is 0.192 e. The molecule has 2 heterocycles. The number of benzene rings is 2. The summed E-state index contributed by atoms with van der Waals surface area (Å²) in [7, 11) is -1.84. The normalized spacial score (nSPS) is 21.0. The third kappa shape index (κ3) is 4.94. The predicted octanol–water partition coefficient (Wildman–Crippen LogP) is 8.04. The summed E-state index contributed by atoms with van der Waals surface area (Å²) in [5.74, 6) is 0.508. The fourth-order valence-electron chi connectivity index (χ4n) is 4.60. The molecule has 0 N–H and O–H groups in total. The van der Waals surface area contributed by atoms with Crippen LogP contribution in [0, 0.1) is 0 Å². The predicted molar refractivity (Wildman–Crippen MR) is 140 cm³/mol. The van der Waals surface area contributed by atoms with Gasteiger partial charge in [-0.05, 0) is 47.1 Å². The molecule has 0 amide bonds. The molecule has 0 saturated carbocycles. The van der Waals surface area contributed by atoms with E-state index in [2.05, 4.69) is 117 Å². The molecule has 1 aliphatic rings. The highest BCUT2D eigenvalue weighted by atomic mass is 32.1. The first-order valence-electron chi connectivity index (χ1n) is 11.8. The lowest BCUT2D eigenvalue weighted by Crippen LogP contribution is -2.43. The number of likely N-dealkylation sites (tertiary alicyclic amines) is 1. The molecule has 4 heteroatoms. The van der Waals surface area contributed by atoms with Gasteiger partial charge in [0, 0.05) is 17.3 Å². The molecule has 1 aliphatic heterocycles. The van der Waals surface area contributed by atoms with Crippen molar-refractivity contribution in [1.82, 2.24) is 4.90 Å².